The molecule has 54 heavy (non-hydrogen) atoms. The fourth-order valence-electron chi connectivity index (χ4n) is 8.70. The Morgan fingerprint density at radius 1 is 0.389 bits per heavy atom. The van der Waals surface area contributed by atoms with Gasteiger partial charge in [-0.1, -0.05) is 164 Å². The molecular formula is C50H32N4. The third kappa shape index (κ3) is 4.47. The van der Waals surface area contributed by atoms with Gasteiger partial charge in [0.05, 0.1) is 11.0 Å². The molecule has 0 fully saturated rings. The Balaban J connectivity index is 1.24. The number of nitrogens with zero attached hydrogens (tertiary/aromatic N) is 4. The van der Waals surface area contributed by atoms with Crippen molar-refractivity contribution in [2.24, 2.45) is 0 Å². The second-order valence-electron chi connectivity index (χ2n) is 14.0. The standard InChI is InChI=1S/C50H32N4/c1-3-17-37(18-4-1)50(43-24-12-9-21-39(43)40-22-10-13-25-44(40)50)49-52-47(35-28-27-33-15-7-8-16-34(33)31-35)51-48(53-49)36-29-30-42-41-23-11-14-26-45(41)54(46(42)32-36)38-19-5-2-6-20-38/h1-32H. The molecule has 11 rings (SSSR count). The number of aromatic nitrogens is 4. The molecule has 0 aliphatic heterocycles. The first-order valence-corrected chi connectivity index (χ1v) is 18.4. The van der Waals surface area contributed by atoms with E-state index in [4.69, 9.17) is 15.0 Å². The molecule has 0 unspecified atom stereocenters. The lowest BCUT2D eigenvalue weighted by atomic mass is 9.71. The van der Waals surface area contributed by atoms with Crippen LogP contribution in [0.4, 0.5) is 0 Å². The van der Waals surface area contributed by atoms with Crippen LogP contribution in [0.3, 0.4) is 0 Å². The van der Waals surface area contributed by atoms with Gasteiger partial charge in [-0.15, -0.1) is 0 Å². The van der Waals surface area contributed by atoms with Crippen LogP contribution in [0.1, 0.15) is 22.5 Å². The van der Waals surface area contributed by atoms with E-state index in [0.717, 1.165) is 38.8 Å². The maximum absolute atomic E-state index is 5.55. The fraction of sp³-hybridized carbons (Fsp3) is 0.0200. The van der Waals surface area contributed by atoms with Gasteiger partial charge in [0.2, 0.25) is 0 Å². The first-order chi connectivity index (χ1) is 26.8. The van der Waals surface area contributed by atoms with Crippen LogP contribution in [-0.4, -0.2) is 19.5 Å². The molecule has 0 radical (unpaired) electrons. The quantitative estimate of drug-likeness (QED) is 0.181. The molecule has 0 amide bonds. The highest BCUT2D eigenvalue weighted by Gasteiger charge is 2.48. The van der Waals surface area contributed by atoms with Crippen LogP contribution in [0.15, 0.2) is 194 Å². The molecule has 1 aliphatic rings. The third-order valence-electron chi connectivity index (χ3n) is 11.1. The average Bonchev–Trinajstić information content (AvgIpc) is 3.74. The molecule has 0 spiro atoms. The summed E-state index contributed by atoms with van der Waals surface area (Å²) in [7, 11) is 0. The van der Waals surface area contributed by atoms with Gasteiger partial charge in [-0.05, 0) is 68.9 Å². The van der Waals surface area contributed by atoms with E-state index in [1.54, 1.807) is 0 Å². The maximum atomic E-state index is 5.55. The highest BCUT2D eigenvalue weighted by molar-refractivity contribution is 6.10. The first-order valence-electron chi connectivity index (χ1n) is 18.4. The number of benzene rings is 8. The Labute approximate surface area is 312 Å². The van der Waals surface area contributed by atoms with Gasteiger partial charge in [0.1, 0.15) is 5.41 Å². The molecule has 8 aromatic carbocycles. The van der Waals surface area contributed by atoms with Crippen molar-refractivity contribution in [1.82, 2.24) is 19.5 Å². The molecule has 0 saturated carbocycles. The summed E-state index contributed by atoms with van der Waals surface area (Å²) in [5, 5.41) is 4.70. The van der Waals surface area contributed by atoms with Crippen LogP contribution in [0.5, 0.6) is 0 Å². The molecule has 4 nitrogen and oxygen atoms in total. The maximum Gasteiger partial charge on any atom is 0.163 e. The van der Waals surface area contributed by atoms with E-state index in [1.165, 1.54) is 38.4 Å². The number of hydrogen-bond donors (Lipinski definition) is 0. The van der Waals surface area contributed by atoms with E-state index in [1.807, 2.05) is 0 Å². The van der Waals surface area contributed by atoms with E-state index < -0.39 is 5.41 Å². The van der Waals surface area contributed by atoms with Gasteiger partial charge in [0, 0.05) is 27.6 Å². The van der Waals surface area contributed by atoms with E-state index >= 15 is 0 Å². The Morgan fingerprint density at radius 3 is 1.69 bits per heavy atom. The first kappa shape index (κ1) is 30.5. The van der Waals surface area contributed by atoms with Gasteiger partial charge in [-0.25, -0.2) is 15.0 Å². The Morgan fingerprint density at radius 2 is 0.944 bits per heavy atom. The monoisotopic (exact) mass is 688 g/mol. The predicted molar refractivity (Wildman–Crippen MR) is 220 cm³/mol. The van der Waals surface area contributed by atoms with Gasteiger partial charge in [-0.2, -0.15) is 0 Å². The predicted octanol–water partition coefficient (Wildman–Crippen LogP) is 11.8. The summed E-state index contributed by atoms with van der Waals surface area (Å²) in [5.74, 6) is 1.97. The van der Waals surface area contributed by atoms with Gasteiger partial charge in [0.25, 0.3) is 0 Å². The summed E-state index contributed by atoms with van der Waals surface area (Å²) in [6.07, 6.45) is 0. The Kier molecular flexibility index (Phi) is 6.73. The topological polar surface area (TPSA) is 43.6 Å². The SMILES string of the molecule is c1ccc(-n2c3ccccc3c3ccc(-c4nc(-c5ccc6ccccc6c5)nc(C5(c6ccccc6)c6ccccc6-c6ccccc65)n4)cc32)cc1. The smallest absolute Gasteiger partial charge is 0.163 e. The van der Waals surface area contributed by atoms with Crippen molar-refractivity contribution >= 4 is 32.6 Å². The molecule has 10 aromatic rings. The highest BCUT2D eigenvalue weighted by atomic mass is 15.1. The van der Waals surface area contributed by atoms with Crippen molar-refractivity contribution < 1.29 is 0 Å². The molecular weight excluding hydrogens is 657 g/mol. The summed E-state index contributed by atoms with van der Waals surface area (Å²) >= 11 is 0. The minimum absolute atomic E-state index is 0.632. The van der Waals surface area contributed by atoms with Gasteiger partial charge >= 0.3 is 0 Å². The van der Waals surface area contributed by atoms with Crippen LogP contribution < -0.4 is 0 Å². The van der Waals surface area contributed by atoms with Crippen molar-refractivity contribution in [2.45, 2.75) is 5.41 Å². The molecule has 4 heteroatoms. The summed E-state index contributed by atoms with van der Waals surface area (Å²) in [4.78, 5) is 16.4. The number of fused-ring (bicyclic) bond motifs is 7. The molecule has 1 aliphatic carbocycles. The van der Waals surface area contributed by atoms with Crippen molar-refractivity contribution in [3.05, 3.63) is 217 Å². The Hall–Kier alpha value is -7.17. The zero-order valence-electron chi connectivity index (χ0n) is 29.3. The summed E-state index contributed by atoms with van der Waals surface area (Å²) < 4.78 is 2.34. The van der Waals surface area contributed by atoms with E-state index in [2.05, 4.69) is 199 Å². The third-order valence-corrected chi connectivity index (χ3v) is 11.1. The lowest BCUT2D eigenvalue weighted by Gasteiger charge is -2.32. The zero-order chi connectivity index (χ0) is 35.6. The van der Waals surface area contributed by atoms with Gasteiger partial charge in [0.15, 0.2) is 17.5 Å². The van der Waals surface area contributed by atoms with Gasteiger partial charge in [-0.3, -0.25) is 0 Å². The van der Waals surface area contributed by atoms with Crippen LogP contribution in [0.25, 0.3) is 72.2 Å². The summed E-state index contributed by atoms with van der Waals surface area (Å²) in [6, 6.07) is 68.9. The zero-order valence-corrected chi connectivity index (χ0v) is 29.3. The molecule has 2 aromatic heterocycles. The van der Waals surface area contributed by atoms with Crippen molar-refractivity contribution in [2.75, 3.05) is 0 Å². The number of para-hydroxylation sites is 2. The minimum Gasteiger partial charge on any atom is -0.309 e. The lowest BCUT2D eigenvalue weighted by molar-refractivity contribution is 0.692. The normalized spacial score (nSPS) is 13.0. The van der Waals surface area contributed by atoms with Gasteiger partial charge < -0.3 is 4.57 Å². The fourth-order valence-corrected chi connectivity index (χ4v) is 8.70. The van der Waals surface area contributed by atoms with Crippen LogP contribution in [-0.2, 0) is 5.41 Å². The van der Waals surface area contributed by atoms with Crippen molar-refractivity contribution in [1.29, 1.82) is 0 Å². The lowest BCUT2D eigenvalue weighted by Crippen LogP contribution is -2.31. The number of rotatable bonds is 5. The second kappa shape index (κ2) is 11.9. The van der Waals surface area contributed by atoms with E-state index in [9.17, 15) is 0 Å². The second-order valence-corrected chi connectivity index (χ2v) is 14.0. The molecule has 2 heterocycles. The van der Waals surface area contributed by atoms with Crippen LogP contribution >= 0.6 is 0 Å². The Bertz CT molecular complexity index is 3010. The molecule has 0 atom stereocenters. The highest BCUT2D eigenvalue weighted by Crippen LogP contribution is 2.55. The minimum atomic E-state index is -0.777. The van der Waals surface area contributed by atoms with Crippen molar-refractivity contribution in [3.63, 3.8) is 0 Å². The average molecular weight is 689 g/mol. The van der Waals surface area contributed by atoms with Crippen LogP contribution in [0.2, 0.25) is 0 Å². The van der Waals surface area contributed by atoms with Crippen LogP contribution in [0, 0.1) is 0 Å². The molecule has 0 N–H and O–H groups in total. The van der Waals surface area contributed by atoms with E-state index in [-0.39, 0.29) is 0 Å². The largest absolute Gasteiger partial charge is 0.309 e. The molecule has 252 valence electrons. The summed E-state index contributed by atoms with van der Waals surface area (Å²) in [5.41, 5.74) is 10.3. The number of hydrogen-bond acceptors (Lipinski definition) is 3. The molecule has 0 saturated heterocycles. The van der Waals surface area contributed by atoms with Crippen molar-refractivity contribution in [3.8, 4) is 39.6 Å². The summed E-state index contributed by atoms with van der Waals surface area (Å²) in [6.45, 7) is 0. The molecule has 0 bridgehead atoms. The van der Waals surface area contributed by atoms with E-state index in [0.29, 0.717) is 17.5 Å².